The molecule has 0 fully saturated rings. The molecule has 0 saturated carbocycles. The van der Waals surface area contributed by atoms with E-state index in [1.165, 1.54) is 18.4 Å². The summed E-state index contributed by atoms with van der Waals surface area (Å²) in [6.45, 7) is 0. The lowest BCUT2D eigenvalue weighted by Crippen LogP contribution is -2.20. The van der Waals surface area contributed by atoms with Gasteiger partial charge in [0.1, 0.15) is 4.88 Å². The summed E-state index contributed by atoms with van der Waals surface area (Å²) in [5.41, 5.74) is 0. The molecule has 0 aromatic carbocycles. The zero-order chi connectivity index (χ0) is 9.14. The number of halogens is 1. The maximum Gasteiger partial charge on any atom is 0.277 e. The molecule has 1 aromatic heterocycles. The van der Waals surface area contributed by atoms with Gasteiger partial charge in [0, 0.05) is 11.5 Å². The Bertz CT molecular complexity index is 341. The molecule has 1 aromatic rings. The zero-order valence-electron chi connectivity index (χ0n) is 6.24. The number of thiophene rings is 1. The normalized spacial score (nSPS) is 9.08. The van der Waals surface area contributed by atoms with Gasteiger partial charge in [0.25, 0.3) is 5.91 Å². The van der Waals surface area contributed by atoms with Crippen LogP contribution in [0.25, 0.3) is 0 Å². The molecule has 1 amide bonds. The molecule has 0 spiro atoms. The number of amides is 1. The number of carbonyl (C=O) groups is 1. The maximum absolute atomic E-state index is 11.3. The Balaban J connectivity index is 2.94. The average molecular weight is 245 g/mol. The van der Waals surface area contributed by atoms with Crippen LogP contribution in [0.1, 0.15) is 9.67 Å². The number of hydrogen-bond acceptors (Lipinski definition) is 3. The fourth-order valence-electron chi connectivity index (χ4n) is 0.644. The summed E-state index contributed by atoms with van der Waals surface area (Å²) < 4.78 is 0.736. The highest BCUT2D eigenvalue weighted by Gasteiger charge is 2.15. The topological polar surface area (TPSA) is 44.1 Å². The fourth-order valence-corrected chi connectivity index (χ4v) is 2.16. The van der Waals surface area contributed by atoms with Gasteiger partial charge in [0.15, 0.2) is 6.19 Å². The first-order valence-corrected chi connectivity index (χ1v) is 4.75. The third kappa shape index (κ3) is 1.65. The van der Waals surface area contributed by atoms with Crippen molar-refractivity contribution in [2.75, 3.05) is 7.05 Å². The predicted octanol–water partition coefficient (Wildman–Crippen LogP) is 2.06. The van der Waals surface area contributed by atoms with E-state index in [2.05, 4.69) is 15.9 Å². The van der Waals surface area contributed by atoms with Crippen molar-refractivity contribution in [2.45, 2.75) is 0 Å². The number of nitriles is 1. The molecule has 0 unspecified atom stereocenters. The zero-order valence-corrected chi connectivity index (χ0v) is 8.65. The van der Waals surface area contributed by atoms with Crippen LogP contribution in [0, 0.1) is 11.5 Å². The molecule has 0 bridgehead atoms. The van der Waals surface area contributed by atoms with Crippen molar-refractivity contribution in [3.8, 4) is 6.19 Å². The standard InChI is InChI=1S/C7H5BrN2OS/c1-10(4-9)7(11)6-5(8)2-3-12-6/h2-3H,1H3. The summed E-state index contributed by atoms with van der Waals surface area (Å²) in [4.78, 5) is 12.9. The lowest BCUT2D eigenvalue weighted by atomic mass is 10.4. The minimum absolute atomic E-state index is 0.278. The predicted molar refractivity (Wildman–Crippen MR) is 49.7 cm³/mol. The Kier molecular flexibility index (Phi) is 2.84. The van der Waals surface area contributed by atoms with Crippen molar-refractivity contribution in [1.82, 2.24) is 4.90 Å². The maximum atomic E-state index is 11.3. The van der Waals surface area contributed by atoms with E-state index in [1.54, 1.807) is 17.6 Å². The number of rotatable bonds is 1. The molecule has 1 heterocycles. The van der Waals surface area contributed by atoms with Crippen LogP contribution < -0.4 is 0 Å². The van der Waals surface area contributed by atoms with E-state index in [9.17, 15) is 4.79 Å². The van der Waals surface area contributed by atoms with Gasteiger partial charge in [-0.1, -0.05) is 0 Å². The summed E-state index contributed by atoms with van der Waals surface area (Å²) in [7, 11) is 1.44. The van der Waals surface area contributed by atoms with Gasteiger partial charge in [-0.2, -0.15) is 5.26 Å². The summed E-state index contributed by atoms with van der Waals surface area (Å²) in [5.74, 6) is -0.278. The van der Waals surface area contributed by atoms with Crippen LogP contribution in [0.2, 0.25) is 0 Å². The van der Waals surface area contributed by atoms with Crippen molar-refractivity contribution in [3.63, 3.8) is 0 Å². The van der Waals surface area contributed by atoms with Crippen LogP contribution in [-0.2, 0) is 0 Å². The van der Waals surface area contributed by atoms with Gasteiger partial charge < -0.3 is 0 Å². The molecule has 1 rings (SSSR count). The molecule has 62 valence electrons. The van der Waals surface area contributed by atoms with Gasteiger partial charge in [0.2, 0.25) is 0 Å². The van der Waals surface area contributed by atoms with E-state index < -0.39 is 0 Å². The van der Waals surface area contributed by atoms with Crippen LogP contribution in [0.5, 0.6) is 0 Å². The van der Waals surface area contributed by atoms with Crippen molar-refractivity contribution >= 4 is 33.2 Å². The second-order valence-corrected chi connectivity index (χ2v) is 3.83. The molecule has 5 heteroatoms. The highest BCUT2D eigenvalue weighted by Crippen LogP contribution is 2.23. The van der Waals surface area contributed by atoms with Crippen molar-refractivity contribution in [3.05, 3.63) is 20.8 Å². The third-order valence-electron chi connectivity index (χ3n) is 1.27. The molecule has 0 aliphatic heterocycles. The van der Waals surface area contributed by atoms with E-state index in [4.69, 9.17) is 5.26 Å². The fraction of sp³-hybridized carbons (Fsp3) is 0.143. The Morgan fingerprint density at radius 2 is 2.50 bits per heavy atom. The lowest BCUT2D eigenvalue weighted by molar-refractivity contribution is 0.0862. The lowest BCUT2D eigenvalue weighted by Gasteiger charge is -2.04. The van der Waals surface area contributed by atoms with Crippen LogP contribution in [-0.4, -0.2) is 17.9 Å². The first-order valence-electron chi connectivity index (χ1n) is 3.07. The van der Waals surface area contributed by atoms with E-state index in [0.29, 0.717) is 4.88 Å². The van der Waals surface area contributed by atoms with Gasteiger partial charge in [-0.3, -0.25) is 4.79 Å². The van der Waals surface area contributed by atoms with Crippen molar-refractivity contribution in [2.24, 2.45) is 0 Å². The summed E-state index contributed by atoms with van der Waals surface area (Å²) >= 11 is 4.53. The monoisotopic (exact) mass is 244 g/mol. The van der Waals surface area contributed by atoms with Gasteiger partial charge in [-0.05, 0) is 27.4 Å². The molecule has 0 radical (unpaired) electrons. The number of carbonyl (C=O) groups excluding carboxylic acids is 1. The Hall–Kier alpha value is -0.860. The van der Waals surface area contributed by atoms with Crippen LogP contribution >= 0.6 is 27.3 Å². The number of nitrogens with zero attached hydrogens (tertiary/aromatic N) is 2. The first-order chi connectivity index (χ1) is 5.66. The second-order valence-electron chi connectivity index (χ2n) is 2.06. The minimum atomic E-state index is -0.278. The number of hydrogen-bond donors (Lipinski definition) is 0. The van der Waals surface area contributed by atoms with Crippen LogP contribution in [0.3, 0.4) is 0 Å². The SMILES string of the molecule is CN(C#N)C(=O)c1sccc1Br. The molecule has 0 N–H and O–H groups in total. The molecule has 0 aliphatic carbocycles. The highest BCUT2D eigenvalue weighted by molar-refractivity contribution is 9.10. The third-order valence-corrected chi connectivity index (χ3v) is 3.09. The van der Waals surface area contributed by atoms with E-state index in [-0.39, 0.29) is 5.91 Å². The molecular weight excluding hydrogens is 240 g/mol. The van der Waals surface area contributed by atoms with Crippen molar-refractivity contribution in [1.29, 1.82) is 5.26 Å². The largest absolute Gasteiger partial charge is 0.277 e. The van der Waals surface area contributed by atoms with Gasteiger partial charge in [-0.25, -0.2) is 4.90 Å². The van der Waals surface area contributed by atoms with Gasteiger partial charge in [0.05, 0.1) is 0 Å². The molecule has 0 saturated heterocycles. The Labute approximate surface area is 82.3 Å². The minimum Gasteiger partial charge on any atom is -0.267 e. The Morgan fingerprint density at radius 1 is 1.83 bits per heavy atom. The molecule has 0 atom stereocenters. The van der Waals surface area contributed by atoms with Gasteiger partial charge in [-0.15, -0.1) is 11.3 Å². The first kappa shape index (κ1) is 9.23. The smallest absolute Gasteiger partial charge is 0.267 e. The second kappa shape index (κ2) is 3.70. The summed E-state index contributed by atoms with van der Waals surface area (Å²) in [6.07, 6.45) is 1.75. The summed E-state index contributed by atoms with van der Waals surface area (Å²) in [5, 5.41) is 10.2. The van der Waals surface area contributed by atoms with E-state index in [0.717, 1.165) is 9.37 Å². The van der Waals surface area contributed by atoms with Crippen LogP contribution in [0.4, 0.5) is 0 Å². The average Bonchev–Trinajstić information content (AvgIpc) is 2.48. The quantitative estimate of drug-likeness (QED) is 0.561. The molecular formula is C7H5BrN2OS. The molecule has 0 aliphatic rings. The summed E-state index contributed by atoms with van der Waals surface area (Å²) in [6, 6.07) is 1.78. The van der Waals surface area contributed by atoms with E-state index in [1.807, 2.05) is 0 Å². The Morgan fingerprint density at radius 3 is 2.92 bits per heavy atom. The molecule has 12 heavy (non-hydrogen) atoms. The molecule has 3 nitrogen and oxygen atoms in total. The van der Waals surface area contributed by atoms with E-state index >= 15 is 0 Å². The van der Waals surface area contributed by atoms with Crippen LogP contribution in [0.15, 0.2) is 15.9 Å². The highest BCUT2D eigenvalue weighted by atomic mass is 79.9. The van der Waals surface area contributed by atoms with Gasteiger partial charge >= 0.3 is 0 Å². The van der Waals surface area contributed by atoms with Crippen molar-refractivity contribution < 1.29 is 4.79 Å².